The van der Waals surface area contributed by atoms with Crippen LogP contribution in [0.5, 0.6) is 0 Å². The SMILES string of the molecule is CC(C)NCc1noc(C2CCC(C(C)(C)C)CC2)n1. The van der Waals surface area contributed by atoms with Gasteiger partial charge in [0.05, 0.1) is 6.54 Å². The van der Waals surface area contributed by atoms with E-state index in [0.29, 0.717) is 23.9 Å². The minimum atomic E-state index is 0.423. The number of nitrogens with zero attached hydrogens (tertiary/aromatic N) is 2. The Bertz CT molecular complexity index is 412. The van der Waals surface area contributed by atoms with Crippen molar-refractivity contribution in [2.24, 2.45) is 11.3 Å². The third kappa shape index (κ3) is 4.05. The van der Waals surface area contributed by atoms with E-state index in [1.165, 1.54) is 25.7 Å². The topological polar surface area (TPSA) is 51.0 Å². The number of rotatable bonds is 4. The number of nitrogens with one attached hydrogen (secondary N) is 1. The highest BCUT2D eigenvalue weighted by Gasteiger charge is 2.32. The summed E-state index contributed by atoms with van der Waals surface area (Å²) in [7, 11) is 0. The van der Waals surface area contributed by atoms with Crippen LogP contribution in [-0.4, -0.2) is 16.2 Å². The van der Waals surface area contributed by atoms with Gasteiger partial charge in [-0.3, -0.25) is 0 Å². The minimum Gasteiger partial charge on any atom is -0.339 e. The van der Waals surface area contributed by atoms with Gasteiger partial charge < -0.3 is 9.84 Å². The molecule has 0 amide bonds. The van der Waals surface area contributed by atoms with Crippen molar-refractivity contribution in [1.82, 2.24) is 15.5 Å². The molecule has 0 unspecified atom stereocenters. The van der Waals surface area contributed by atoms with Crippen LogP contribution in [0, 0.1) is 11.3 Å². The second-order valence-corrected chi connectivity index (χ2v) is 7.50. The van der Waals surface area contributed by atoms with Crippen LogP contribution in [0.25, 0.3) is 0 Å². The normalized spacial score (nSPS) is 24.3. The lowest BCUT2D eigenvalue weighted by Gasteiger charge is -2.35. The van der Waals surface area contributed by atoms with Crippen LogP contribution in [0.4, 0.5) is 0 Å². The summed E-state index contributed by atoms with van der Waals surface area (Å²) in [4.78, 5) is 4.55. The molecule has 1 heterocycles. The molecular weight excluding hydrogens is 250 g/mol. The molecular formula is C16H29N3O. The first-order valence-corrected chi connectivity index (χ1v) is 7.92. The third-order valence-electron chi connectivity index (χ3n) is 4.45. The second-order valence-electron chi connectivity index (χ2n) is 7.50. The average molecular weight is 279 g/mol. The van der Waals surface area contributed by atoms with Gasteiger partial charge in [-0.1, -0.05) is 39.8 Å². The van der Waals surface area contributed by atoms with Crippen LogP contribution in [-0.2, 0) is 6.54 Å². The zero-order valence-electron chi connectivity index (χ0n) is 13.6. The van der Waals surface area contributed by atoms with E-state index in [2.05, 4.69) is 50.1 Å². The third-order valence-corrected chi connectivity index (χ3v) is 4.45. The molecule has 0 bridgehead atoms. The van der Waals surface area contributed by atoms with E-state index in [1.807, 2.05) is 0 Å². The van der Waals surface area contributed by atoms with E-state index in [4.69, 9.17) is 4.52 Å². The molecule has 0 radical (unpaired) electrons. The van der Waals surface area contributed by atoms with Gasteiger partial charge in [-0.05, 0) is 37.0 Å². The molecule has 0 atom stereocenters. The molecule has 1 saturated carbocycles. The second kappa shape index (κ2) is 6.25. The maximum atomic E-state index is 5.46. The molecule has 1 fully saturated rings. The molecule has 2 rings (SSSR count). The van der Waals surface area contributed by atoms with Gasteiger partial charge in [-0.2, -0.15) is 4.98 Å². The zero-order chi connectivity index (χ0) is 14.8. The fourth-order valence-corrected chi connectivity index (χ4v) is 3.01. The lowest BCUT2D eigenvalue weighted by molar-refractivity contribution is 0.159. The Labute approximate surface area is 122 Å². The van der Waals surface area contributed by atoms with Crippen LogP contribution in [0.1, 0.15) is 77.9 Å². The summed E-state index contributed by atoms with van der Waals surface area (Å²) in [6, 6.07) is 0.444. The summed E-state index contributed by atoms with van der Waals surface area (Å²) < 4.78 is 5.46. The summed E-state index contributed by atoms with van der Waals surface area (Å²) >= 11 is 0. The summed E-state index contributed by atoms with van der Waals surface area (Å²) in [5.74, 6) is 2.92. The van der Waals surface area contributed by atoms with Gasteiger partial charge in [0.2, 0.25) is 5.89 Å². The zero-order valence-corrected chi connectivity index (χ0v) is 13.6. The molecule has 1 aromatic rings. The van der Waals surface area contributed by atoms with Crippen LogP contribution >= 0.6 is 0 Å². The van der Waals surface area contributed by atoms with Crippen molar-refractivity contribution in [3.63, 3.8) is 0 Å². The first kappa shape index (κ1) is 15.5. The van der Waals surface area contributed by atoms with Gasteiger partial charge in [0.15, 0.2) is 5.82 Å². The summed E-state index contributed by atoms with van der Waals surface area (Å²) in [5.41, 5.74) is 0.423. The van der Waals surface area contributed by atoms with Crippen molar-refractivity contribution < 1.29 is 4.52 Å². The van der Waals surface area contributed by atoms with E-state index in [9.17, 15) is 0 Å². The molecule has 1 aliphatic carbocycles. The van der Waals surface area contributed by atoms with Gasteiger partial charge in [-0.15, -0.1) is 0 Å². The standard InChI is InChI=1S/C16H29N3O/c1-11(2)17-10-14-18-15(20-19-14)12-6-8-13(9-7-12)16(3,4)5/h11-13,17H,6-10H2,1-5H3. The molecule has 20 heavy (non-hydrogen) atoms. The fourth-order valence-electron chi connectivity index (χ4n) is 3.01. The van der Waals surface area contributed by atoms with Gasteiger partial charge in [-0.25, -0.2) is 0 Å². The number of hydrogen-bond acceptors (Lipinski definition) is 4. The molecule has 1 aromatic heterocycles. The Balaban J connectivity index is 1.88. The largest absolute Gasteiger partial charge is 0.339 e. The van der Waals surface area contributed by atoms with Crippen molar-refractivity contribution in [3.05, 3.63) is 11.7 Å². The Morgan fingerprint density at radius 3 is 2.40 bits per heavy atom. The van der Waals surface area contributed by atoms with Gasteiger partial charge in [0.25, 0.3) is 0 Å². The quantitative estimate of drug-likeness (QED) is 0.908. The fraction of sp³-hybridized carbons (Fsp3) is 0.875. The van der Waals surface area contributed by atoms with E-state index < -0.39 is 0 Å². The molecule has 0 saturated heterocycles. The molecule has 1 N–H and O–H groups in total. The molecule has 1 aliphatic rings. The van der Waals surface area contributed by atoms with Crippen molar-refractivity contribution in [3.8, 4) is 0 Å². The van der Waals surface area contributed by atoms with Gasteiger partial charge in [0, 0.05) is 12.0 Å². The van der Waals surface area contributed by atoms with Crippen LogP contribution in [0.3, 0.4) is 0 Å². The monoisotopic (exact) mass is 279 g/mol. The lowest BCUT2D eigenvalue weighted by atomic mass is 9.70. The molecule has 4 nitrogen and oxygen atoms in total. The molecule has 0 aromatic carbocycles. The van der Waals surface area contributed by atoms with E-state index >= 15 is 0 Å². The molecule has 114 valence electrons. The summed E-state index contributed by atoms with van der Waals surface area (Å²) in [6.07, 6.45) is 4.91. The molecule has 0 spiro atoms. The highest BCUT2D eigenvalue weighted by atomic mass is 16.5. The van der Waals surface area contributed by atoms with Crippen LogP contribution in [0.15, 0.2) is 4.52 Å². The molecule has 4 heteroatoms. The Morgan fingerprint density at radius 2 is 1.85 bits per heavy atom. The van der Waals surface area contributed by atoms with E-state index in [-0.39, 0.29) is 0 Å². The number of aromatic nitrogens is 2. The van der Waals surface area contributed by atoms with Crippen molar-refractivity contribution in [2.45, 2.75) is 78.8 Å². The highest BCUT2D eigenvalue weighted by molar-refractivity contribution is 4.97. The van der Waals surface area contributed by atoms with E-state index in [0.717, 1.165) is 17.6 Å². The van der Waals surface area contributed by atoms with Crippen molar-refractivity contribution in [1.29, 1.82) is 0 Å². The molecule has 0 aliphatic heterocycles. The van der Waals surface area contributed by atoms with Crippen LogP contribution in [0.2, 0.25) is 0 Å². The average Bonchev–Trinajstić information content (AvgIpc) is 2.84. The van der Waals surface area contributed by atoms with Crippen molar-refractivity contribution in [2.75, 3.05) is 0 Å². The predicted molar refractivity (Wildman–Crippen MR) is 80.4 cm³/mol. The number of hydrogen-bond donors (Lipinski definition) is 1. The van der Waals surface area contributed by atoms with Gasteiger partial charge in [0.1, 0.15) is 0 Å². The Morgan fingerprint density at radius 1 is 1.20 bits per heavy atom. The maximum Gasteiger partial charge on any atom is 0.229 e. The summed E-state index contributed by atoms with van der Waals surface area (Å²) in [5, 5.41) is 7.40. The maximum absolute atomic E-state index is 5.46. The van der Waals surface area contributed by atoms with Crippen LogP contribution < -0.4 is 5.32 Å². The Hall–Kier alpha value is -0.900. The van der Waals surface area contributed by atoms with Crippen molar-refractivity contribution >= 4 is 0 Å². The smallest absolute Gasteiger partial charge is 0.229 e. The van der Waals surface area contributed by atoms with E-state index in [1.54, 1.807) is 0 Å². The first-order chi connectivity index (χ1) is 9.36. The minimum absolute atomic E-state index is 0.423. The predicted octanol–water partition coefficient (Wildman–Crippen LogP) is 3.89. The lowest BCUT2D eigenvalue weighted by Crippen LogP contribution is -2.25. The summed E-state index contributed by atoms with van der Waals surface area (Å²) in [6.45, 7) is 12.0. The van der Waals surface area contributed by atoms with Gasteiger partial charge >= 0.3 is 0 Å². The first-order valence-electron chi connectivity index (χ1n) is 7.92. The highest BCUT2D eigenvalue weighted by Crippen LogP contribution is 2.42. The Kier molecular flexibility index (Phi) is 4.84.